The number of benzene rings is 1. The van der Waals surface area contributed by atoms with E-state index >= 15 is 0 Å². The van der Waals surface area contributed by atoms with E-state index in [9.17, 15) is 12.8 Å². The van der Waals surface area contributed by atoms with Gasteiger partial charge >= 0.3 is 0 Å². The molecule has 1 aromatic carbocycles. The zero-order valence-corrected chi connectivity index (χ0v) is 10.4. The van der Waals surface area contributed by atoms with Gasteiger partial charge in [0, 0.05) is 6.54 Å². The molecule has 5 heteroatoms. The first-order valence-electron chi connectivity index (χ1n) is 5.09. The predicted molar refractivity (Wildman–Crippen MR) is 61.2 cm³/mol. The Balaban J connectivity index is 2.99. The summed E-state index contributed by atoms with van der Waals surface area (Å²) in [6.07, 6.45) is 0. The molecule has 90 valence electrons. The summed E-state index contributed by atoms with van der Waals surface area (Å²) >= 11 is 0. The molecule has 1 aromatic rings. The zero-order valence-electron chi connectivity index (χ0n) is 9.62. The zero-order chi connectivity index (χ0) is 12.3. The molecule has 16 heavy (non-hydrogen) atoms. The summed E-state index contributed by atoms with van der Waals surface area (Å²) in [7, 11) is -3.73. The van der Waals surface area contributed by atoms with Crippen molar-refractivity contribution in [3.63, 3.8) is 0 Å². The van der Waals surface area contributed by atoms with Crippen LogP contribution < -0.4 is 4.72 Å². The minimum Gasteiger partial charge on any atom is -0.211 e. The molecule has 0 amide bonds. The molecular weight excluding hydrogens is 229 g/mol. The van der Waals surface area contributed by atoms with Crippen molar-refractivity contribution in [3.05, 3.63) is 29.6 Å². The molecule has 1 rings (SSSR count). The first-order valence-corrected chi connectivity index (χ1v) is 6.57. The molecule has 0 aromatic heterocycles. The standard InChI is InChI=1S/C11H16FNO2S/c1-8(2)7-13-16(14,15)11-5-4-9(3)6-10(11)12/h4-6,8,13H,7H2,1-3H3. The lowest BCUT2D eigenvalue weighted by molar-refractivity contribution is 0.543. The van der Waals surface area contributed by atoms with E-state index < -0.39 is 15.8 Å². The van der Waals surface area contributed by atoms with Crippen LogP contribution >= 0.6 is 0 Å². The van der Waals surface area contributed by atoms with Crippen LogP contribution in [0.15, 0.2) is 23.1 Å². The lowest BCUT2D eigenvalue weighted by Crippen LogP contribution is -2.28. The summed E-state index contributed by atoms with van der Waals surface area (Å²) in [4.78, 5) is -0.293. The Morgan fingerprint density at radius 2 is 2.00 bits per heavy atom. The van der Waals surface area contributed by atoms with Gasteiger partial charge in [-0.25, -0.2) is 17.5 Å². The summed E-state index contributed by atoms with van der Waals surface area (Å²) in [5, 5.41) is 0. The Morgan fingerprint density at radius 3 is 2.50 bits per heavy atom. The van der Waals surface area contributed by atoms with Crippen LogP contribution in [0, 0.1) is 18.7 Å². The monoisotopic (exact) mass is 245 g/mol. The number of halogens is 1. The van der Waals surface area contributed by atoms with E-state index in [1.165, 1.54) is 12.1 Å². The van der Waals surface area contributed by atoms with Gasteiger partial charge in [-0.1, -0.05) is 19.9 Å². The minimum atomic E-state index is -3.73. The van der Waals surface area contributed by atoms with Crippen LogP contribution in [0.4, 0.5) is 4.39 Å². The van der Waals surface area contributed by atoms with Crippen molar-refractivity contribution in [1.29, 1.82) is 0 Å². The number of rotatable bonds is 4. The third-order valence-electron chi connectivity index (χ3n) is 2.06. The van der Waals surface area contributed by atoms with Crippen molar-refractivity contribution in [1.82, 2.24) is 4.72 Å². The summed E-state index contributed by atoms with van der Waals surface area (Å²) in [5.41, 5.74) is 0.695. The van der Waals surface area contributed by atoms with Crippen LogP contribution in [0.25, 0.3) is 0 Å². The average molecular weight is 245 g/mol. The van der Waals surface area contributed by atoms with Crippen molar-refractivity contribution in [2.45, 2.75) is 25.7 Å². The van der Waals surface area contributed by atoms with Gasteiger partial charge in [-0.05, 0) is 30.5 Å². The third-order valence-corrected chi connectivity index (χ3v) is 3.52. The summed E-state index contributed by atoms with van der Waals surface area (Å²) < 4.78 is 39.3. The van der Waals surface area contributed by atoms with Gasteiger partial charge in [-0.15, -0.1) is 0 Å². The van der Waals surface area contributed by atoms with Gasteiger partial charge in [-0.3, -0.25) is 0 Å². The van der Waals surface area contributed by atoms with Crippen LogP contribution in [0.2, 0.25) is 0 Å². The molecule has 0 saturated heterocycles. The van der Waals surface area contributed by atoms with Crippen LogP contribution in [-0.4, -0.2) is 15.0 Å². The van der Waals surface area contributed by atoms with E-state index in [0.29, 0.717) is 12.1 Å². The fraction of sp³-hybridized carbons (Fsp3) is 0.455. The highest BCUT2D eigenvalue weighted by atomic mass is 32.2. The van der Waals surface area contributed by atoms with Crippen LogP contribution in [0.3, 0.4) is 0 Å². The fourth-order valence-electron chi connectivity index (χ4n) is 1.18. The van der Waals surface area contributed by atoms with Gasteiger partial charge in [0.2, 0.25) is 10.0 Å². The predicted octanol–water partition coefficient (Wildman–Crippen LogP) is 2.07. The van der Waals surface area contributed by atoms with E-state index in [4.69, 9.17) is 0 Å². The molecule has 0 spiro atoms. The van der Waals surface area contributed by atoms with Gasteiger partial charge in [0.15, 0.2) is 0 Å². The quantitative estimate of drug-likeness (QED) is 0.882. The SMILES string of the molecule is Cc1ccc(S(=O)(=O)NCC(C)C)c(F)c1. The first-order chi connectivity index (χ1) is 7.33. The number of hydrogen-bond acceptors (Lipinski definition) is 2. The average Bonchev–Trinajstić information content (AvgIpc) is 2.14. The highest BCUT2D eigenvalue weighted by Gasteiger charge is 2.18. The molecule has 0 aliphatic rings. The van der Waals surface area contributed by atoms with Gasteiger partial charge in [-0.2, -0.15) is 0 Å². The van der Waals surface area contributed by atoms with Crippen LogP contribution in [-0.2, 0) is 10.0 Å². The Hall–Kier alpha value is -0.940. The van der Waals surface area contributed by atoms with Crippen molar-refractivity contribution >= 4 is 10.0 Å². The summed E-state index contributed by atoms with van der Waals surface area (Å²) in [5.74, 6) is -0.528. The molecule has 0 bridgehead atoms. The Kier molecular flexibility index (Phi) is 4.04. The van der Waals surface area contributed by atoms with E-state index in [1.807, 2.05) is 13.8 Å². The lowest BCUT2D eigenvalue weighted by Gasteiger charge is -2.09. The molecule has 0 fully saturated rings. The Labute approximate surface area is 95.7 Å². The largest absolute Gasteiger partial charge is 0.243 e. The highest BCUT2D eigenvalue weighted by molar-refractivity contribution is 7.89. The van der Waals surface area contributed by atoms with Crippen LogP contribution in [0.1, 0.15) is 19.4 Å². The molecule has 0 atom stereocenters. The van der Waals surface area contributed by atoms with Crippen molar-refractivity contribution < 1.29 is 12.8 Å². The highest BCUT2D eigenvalue weighted by Crippen LogP contribution is 2.15. The van der Waals surface area contributed by atoms with Gasteiger partial charge in [0.1, 0.15) is 10.7 Å². The summed E-state index contributed by atoms with van der Waals surface area (Å²) in [6, 6.07) is 4.07. The summed E-state index contributed by atoms with van der Waals surface area (Å²) in [6.45, 7) is 5.78. The second-order valence-corrected chi connectivity index (χ2v) is 5.91. The molecule has 0 saturated carbocycles. The van der Waals surface area contributed by atoms with Crippen molar-refractivity contribution in [3.8, 4) is 0 Å². The lowest BCUT2D eigenvalue weighted by atomic mass is 10.2. The van der Waals surface area contributed by atoms with Crippen LogP contribution in [0.5, 0.6) is 0 Å². The van der Waals surface area contributed by atoms with Gasteiger partial charge in [0.05, 0.1) is 0 Å². The number of aryl methyl sites for hydroxylation is 1. The fourth-order valence-corrected chi connectivity index (χ4v) is 2.45. The molecule has 0 aliphatic heterocycles. The van der Waals surface area contributed by atoms with Crippen molar-refractivity contribution in [2.24, 2.45) is 5.92 Å². The van der Waals surface area contributed by atoms with Gasteiger partial charge in [0.25, 0.3) is 0 Å². The number of nitrogens with one attached hydrogen (secondary N) is 1. The van der Waals surface area contributed by atoms with E-state index in [-0.39, 0.29) is 10.8 Å². The third kappa shape index (κ3) is 3.28. The molecule has 0 heterocycles. The van der Waals surface area contributed by atoms with Crippen molar-refractivity contribution in [2.75, 3.05) is 6.54 Å². The number of hydrogen-bond donors (Lipinski definition) is 1. The molecule has 0 unspecified atom stereocenters. The maximum Gasteiger partial charge on any atom is 0.243 e. The second-order valence-electron chi connectivity index (χ2n) is 4.18. The molecule has 3 nitrogen and oxygen atoms in total. The first kappa shape index (κ1) is 13.1. The molecule has 1 N–H and O–H groups in total. The Bertz CT molecular complexity index is 469. The maximum absolute atomic E-state index is 13.5. The molecule has 0 radical (unpaired) electrons. The minimum absolute atomic E-state index is 0.184. The number of sulfonamides is 1. The van der Waals surface area contributed by atoms with Gasteiger partial charge < -0.3 is 0 Å². The molecule has 0 aliphatic carbocycles. The maximum atomic E-state index is 13.5. The van der Waals surface area contributed by atoms with E-state index in [0.717, 1.165) is 0 Å². The Morgan fingerprint density at radius 1 is 1.38 bits per heavy atom. The normalized spacial score (nSPS) is 12.1. The second kappa shape index (κ2) is 4.93. The molecular formula is C11H16FNO2S. The topological polar surface area (TPSA) is 46.2 Å². The van der Waals surface area contributed by atoms with E-state index in [2.05, 4.69) is 4.72 Å². The van der Waals surface area contributed by atoms with E-state index in [1.54, 1.807) is 13.0 Å². The smallest absolute Gasteiger partial charge is 0.211 e.